The summed E-state index contributed by atoms with van der Waals surface area (Å²) in [6.45, 7) is 2.33. The normalized spacial score (nSPS) is 21.8. The fraction of sp³-hybridized carbons (Fsp3) is 0.462. The van der Waals surface area contributed by atoms with Gasteiger partial charge in [0, 0.05) is 17.3 Å². The van der Waals surface area contributed by atoms with Gasteiger partial charge in [0.25, 0.3) is 5.91 Å². The Morgan fingerprint density at radius 2 is 2.26 bits per heavy atom. The Bertz CT molecular complexity index is 454. The monoisotopic (exact) mass is 304 g/mol. The highest BCUT2D eigenvalue weighted by Gasteiger charge is 2.30. The number of amides is 1. The van der Waals surface area contributed by atoms with Crippen LogP contribution in [0.15, 0.2) is 18.2 Å². The summed E-state index contributed by atoms with van der Waals surface area (Å²) in [5.74, 6) is -0.128. The number of benzene rings is 1. The average molecular weight is 305 g/mol. The molecule has 1 aliphatic rings. The molecule has 0 spiro atoms. The first-order valence-corrected chi connectivity index (χ1v) is 6.41. The molecular weight excluding hydrogens is 287 g/mol. The van der Waals surface area contributed by atoms with Crippen LogP contribution in [0.3, 0.4) is 0 Å². The Hall–Kier alpha value is -0.810. The van der Waals surface area contributed by atoms with E-state index in [1.165, 1.54) is 0 Å². The number of hydrogen-bond donors (Lipinski definition) is 2. The summed E-state index contributed by atoms with van der Waals surface area (Å²) in [5.41, 5.74) is 7.11. The largest absolute Gasteiger partial charge is 0.364 e. The van der Waals surface area contributed by atoms with E-state index in [2.05, 4.69) is 5.32 Å². The molecule has 19 heavy (non-hydrogen) atoms. The third-order valence-corrected chi connectivity index (χ3v) is 3.60. The molecule has 0 bridgehead atoms. The van der Waals surface area contributed by atoms with Crippen LogP contribution in [-0.2, 0) is 9.53 Å². The fourth-order valence-electron chi connectivity index (χ4n) is 2.03. The minimum Gasteiger partial charge on any atom is -0.364 e. The predicted octanol–water partition coefficient (Wildman–Crippen LogP) is 2.52. The van der Waals surface area contributed by atoms with Gasteiger partial charge >= 0.3 is 0 Å². The zero-order valence-corrected chi connectivity index (χ0v) is 12.3. The van der Waals surface area contributed by atoms with E-state index in [0.29, 0.717) is 18.0 Å². The van der Waals surface area contributed by atoms with Gasteiger partial charge in [0.1, 0.15) is 6.10 Å². The maximum atomic E-state index is 12.0. The molecule has 3 N–H and O–H groups in total. The molecule has 2 rings (SSSR count). The van der Waals surface area contributed by atoms with E-state index in [1.807, 2.05) is 19.1 Å². The molecule has 0 radical (unpaired) electrons. The van der Waals surface area contributed by atoms with Crippen molar-refractivity contribution in [2.45, 2.75) is 32.0 Å². The van der Waals surface area contributed by atoms with Crippen LogP contribution >= 0.6 is 24.0 Å². The van der Waals surface area contributed by atoms with Crippen LogP contribution in [0.25, 0.3) is 0 Å². The smallest absolute Gasteiger partial charge is 0.253 e. The predicted molar refractivity (Wildman–Crippen MR) is 79.0 cm³/mol. The highest BCUT2D eigenvalue weighted by atomic mass is 35.5. The van der Waals surface area contributed by atoms with Crippen molar-refractivity contribution in [3.8, 4) is 0 Å². The number of nitrogens with one attached hydrogen (secondary N) is 1. The molecule has 1 amide bonds. The van der Waals surface area contributed by atoms with Gasteiger partial charge < -0.3 is 15.8 Å². The number of carbonyl (C=O) groups excluding carboxylic acids is 1. The highest BCUT2D eigenvalue weighted by molar-refractivity contribution is 6.31. The number of rotatable bonds is 3. The summed E-state index contributed by atoms with van der Waals surface area (Å²) in [4.78, 5) is 12.0. The third kappa shape index (κ3) is 3.83. The van der Waals surface area contributed by atoms with E-state index in [9.17, 15) is 4.79 Å². The fourth-order valence-corrected chi connectivity index (χ4v) is 2.20. The summed E-state index contributed by atoms with van der Waals surface area (Å²) in [6.07, 6.45) is 1.15. The minimum atomic E-state index is -0.406. The lowest BCUT2D eigenvalue weighted by Crippen LogP contribution is -2.30. The van der Waals surface area contributed by atoms with E-state index in [1.54, 1.807) is 6.07 Å². The number of ether oxygens (including phenoxy) is 1. The molecule has 1 aromatic carbocycles. The Labute approximate surface area is 124 Å². The van der Waals surface area contributed by atoms with Gasteiger partial charge in [-0.25, -0.2) is 0 Å². The number of carbonyl (C=O) groups is 1. The van der Waals surface area contributed by atoms with Crippen molar-refractivity contribution in [3.05, 3.63) is 28.8 Å². The van der Waals surface area contributed by atoms with Gasteiger partial charge in [-0.2, -0.15) is 0 Å². The van der Waals surface area contributed by atoms with E-state index >= 15 is 0 Å². The molecule has 0 saturated carbocycles. The molecule has 6 heteroatoms. The standard InChI is InChI=1S/C13H17ClN2O2.ClH/c1-8-10(14)3-2-4-11(8)16-13(17)12-6-5-9(7-15)18-12;/h2-4,9,12H,5-7,15H2,1H3,(H,16,17);1H/t9-,12+;/m1./s1. The molecule has 1 fully saturated rings. The summed E-state index contributed by atoms with van der Waals surface area (Å²) in [5, 5.41) is 3.49. The van der Waals surface area contributed by atoms with E-state index in [4.69, 9.17) is 22.1 Å². The molecular formula is C13H18Cl2N2O2. The van der Waals surface area contributed by atoms with Gasteiger partial charge in [-0.15, -0.1) is 12.4 Å². The molecule has 2 atom stereocenters. The Kier molecular flexibility index (Phi) is 6.07. The lowest BCUT2D eigenvalue weighted by Gasteiger charge is -2.14. The van der Waals surface area contributed by atoms with E-state index in [-0.39, 0.29) is 24.4 Å². The van der Waals surface area contributed by atoms with Crippen LogP contribution in [0.1, 0.15) is 18.4 Å². The van der Waals surface area contributed by atoms with Crippen LogP contribution in [0, 0.1) is 6.92 Å². The van der Waals surface area contributed by atoms with Crippen molar-refractivity contribution in [1.82, 2.24) is 0 Å². The van der Waals surface area contributed by atoms with Crippen LogP contribution in [-0.4, -0.2) is 24.7 Å². The molecule has 0 aromatic heterocycles. The van der Waals surface area contributed by atoms with Gasteiger partial charge in [0.2, 0.25) is 0 Å². The van der Waals surface area contributed by atoms with Crippen LogP contribution in [0.5, 0.6) is 0 Å². The zero-order chi connectivity index (χ0) is 13.1. The van der Waals surface area contributed by atoms with Crippen LogP contribution in [0.2, 0.25) is 5.02 Å². The molecule has 4 nitrogen and oxygen atoms in total. The maximum absolute atomic E-state index is 12.0. The Morgan fingerprint density at radius 3 is 2.89 bits per heavy atom. The number of halogens is 2. The maximum Gasteiger partial charge on any atom is 0.253 e. The van der Waals surface area contributed by atoms with Crippen molar-refractivity contribution in [2.75, 3.05) is 11.9 Å². The van der Waals surface area contributed by atoms with Gasteiger partial charge in [-0.1, -0.05) is 17.7 Å². The second kappa shape index (κ2) is 7.10. The van der Waals surface area contributed by atoms with Gasteiger partial charge in [-0.05, 0) is 37.5 Å². The number of anilines is 1. The molecule has 0 unspecified atom stereocenters. The lowest BCUT2D eigenvalue weighted by atomic mass is 10.1. The van der Waals surface area contributed by atoms with E-state index in [0.717, 1.165) is 17.7 Å². The first-order chi connectivity index (χ1) is 8.61. The quantitative estimate of drug-likeness (QED) is 0.902. The van der Waals surface area contributed by atoms with Crippen molar-refractivity contribution in [3.63, 3.8) is 0 Å². The average Bonchev–Trinajstić information content (AvgIpc) is 2.83. The summed E-state index contributed by atoms with van der Waals surface area (Å²) >= 11 is 6.00. The first kappa shape index (κ1) is 16.2. The van der Waals surface area contributed by atoms with Crippen molar-refractivity contribution < 1.29 is 9.53 Å². The molecule has 1 aliphatic heterocycles. The molecule has 1 heterocycles. The van der Waals surface area contributed by atoms with Gasteiger partial charge in [-0.3, -0.25) is 4.79 Å². The minimum absolute atomic E-state index is 0. The SMILES string of the molecule is Cc1c(Cl)cccc1NC(=O)[C@@H]1CC[C@H](CN)O1.Cl. The molecule has 1 saturated heterocycles. The molecule has 0 aliphatic carbocycles. The van der Waals surface area contributed by atoms with Gasteiger partial charge in [0.05, 0.1) is 6.10 Å². The summed E-state index contributed by atoms with van der Waals surface area (Å²) in [7, 11) is 0. The Balaban J connectivity index is 0.00000180. The number of nitrogens with two attached hydrogens (primary N) is 1. The highest BCUT2D eigenvalue weighted by Crippen LogP contribution is 2.25. The topological polar surface area (TPSA) is 64.4 Å². The van der Waals surface area contributed by atoms with Crippen LogP contribution in [0.4, 0.5) is 5.69 Å². The van der Waals surface area contributed by atoms with E-state index < -0.39 is 6.10 Å². The molecule has 106 valence electrons. The second-order valence-electron chi connectivity index (χ2n) is 4.46. The van der Waals surface area contributed by atoms with Gasteiger partial charge in [0.15, 0.2) is 0 Å². The molecule has 1 aromatic rings. The lowest BCUT2D eigenvalue weighted by molar-refractivity contribution is -0.126. The first-order valence-electron chi connectivity index (χ1n) is 6.03. The Morgan fingerprint density at radius 1 is 1.53 bits per heavy atom. The van der Waals surface area contributed by atoms with Crippen molar-refractivity contribution in [2.24, 2.45) is 5.73 Å². The second-order valence-corrected chi connectivity index (χ2v) is 4.87. The number of hydrogen-bond acceptors (Lipinski definition) is 3. The van der Waals surface area contributed by atoms with Crippen molar-refractivity contribution >= 4 is 35.6 Å². The zero-order valence-electron chi connectivity index (χ0n) is 10.7. The van der Waals surface area contributed by atoms with Crippen molar-refractivity contribution in [1.29, 1.82) is 0 Å². The van der Waals surface area contributed by atoms with Crippen LogP contribution < -0.4 is 11.1 Å². The summed E-state index contributed by atoms with van der Waals surface area (Å²) in [6, 6.07) is 5.43. The summed E-state index contributed by atoms with van der Waals surface area (Å²) < 4.78 is 5.54. The third-order valence-electron chi connectivity index (χ3n) is 3.19.